The number of piperazine rings is 1. The molecule has 0 spiro atoms. The van der Waals surface area contributed by atoms with E-state index in [1.807, 2.05) is 4.90 Å². The van der Waals surface area contributed by atoms with Gasteiger partial charge >= 0.3 is 12.3 Å². The van der Waals surface area contributed by atoms with Crippen molar-refractivity contribution in [3.05, 3.63) is 47.8 Å². The molecule has 39 heavy (non-hydrogen) atoms. The summed E-state index contributed by atoms with van der Waals surface area (Å²) >= 11 is 0. The predicted molar refractivity (Wildman–Crippen MR) is 139 cm³/mol. The molecule has 2 aliphatic heterocycles. The molecule has 212 valence electrons. The lowest BCUT2D eigenvalue weighted by Crippen LogP contribution is -2.60. The summed E-state index contributed by atoms with van der Waals surface area (Å²) in [6.45, 7) is 8.78. The molecule has 1 aromatic heterocycles. The number of benzene rings is 1. The molecule has 0 aliphatic carbocycles. The fourth-order valence-electron chi connectivity index (χ4n) is 5.08. The average molecular weight is 550 g/mol. The number of carbonyl (C=O) groups is 2. The van der Waals surface area contributed by atoms with Crippen LogP contribution in [0.15, 0.2) is 36.7 Å². The number of rotatable bonds is 4. The fraction of sp³-hybridized carbons (Fsp3) is 0.556. The quantitative estimate of drug-likeness (QED) is 0.562. The number of alkyl halides is 3. The number of hydrogen-bond donors (Lipinski definition) is 0. The van der Waals surface area contributed by atoms with Gasteiger partial charge in [-0.05, 0) is 40.5 Å². The third-order valence-corrected chi connectivity index (χ3v) is 7.02. The molecule has 12 heteroatoms. The van der Waals surface area contributed by atoms with Crippen LogP contribution in [-0.2, 0) is 26.3 Å². The lowest BCUT2D eigenvalue weighted by atomic mass is 9.88. The van der Waals surface area contributed by atoms with Gasteiger partial charge in [-0.1, -0.05) is 30.3 Å². The van der Waals surface area contributed by atoms with Crippen LogP contribution in [0.2, 0.25) is 0 Å². The maximum absolute atomic E-state index is 14.7. The van der Waals surface area contributed by atoms with E-state index in [0.717, 1.165) is 12.0 Å². The van der Waals surface area contributed by atoms with Gasteiger partial charge in [0.05, 0.1) is 0 Å². The van der Waals surface area contributed by atoms with Gasteiger partial charge in [0.25, 0.3) is 11.5 Å². The number of amides is 2. The Morgan fingerprint density at radius 2 is 1.59 bits per heavy atom. The van der Waals surface area contributed by atoms with E-state index in [1.54, 1.807) is 38.7 Å². The minimum atomic E-state index is -5.04. The number of anilines is 2. The number of fused-ring (bicyclic) bond motifs is 1. The number of aromatic nitrogens is 2. The van der Waals surface area contributed by atoms with Gasteiger partial charge < -0.3 is 19.3 Å². The summed E-state index contributed by atoms with van der Waals surface area (Å²) in [6.07, 6.45) is -3.27. The van der Waals surface area contributed by atoms with Gasteiger partial charge in [-0.2, -0.15) is 13.2 Å². The molecule has 2 aliphatic rings. The second kappa shape index (κ2) is 10.6. The Bertz CT molecular complexity index is 1200. The number of halogens is 3. The molecule has 0 N–H and O–H groups in total. The molecular weight excluding hydrogens is 515 g/mol. The number of methoxy groups -OCH3 is 1. The van der Waals surface area contributed by atoms with Crippen molar-refractivity contribution in [2.24, 2.45) is 0 Å². The Kier molecular flexibility index (Phi) is 7.79. The zero-order valence-corrected chi connectivity index (χ0v) is 22.8. The molecular formula is C27H34F3N5O4. The number of carbonyl (C=O) groups excluding carboxylic acids is 2. The summed E-state index contributed by atoms with van der Waals surface area (Å²) in [5.74, 6) is -0.570. The number of hydrogen-bond acceptors (Lipinski definition) is 7. The largest absolute Gasteiger partial charge is 0.444 e. The molecule has 2 amide bonds. The van der Waals surface area contributed by atoms with E-state index >= 15 is 0 Å². The maximum atomic E-state index is 14.7. The topological polar surface area (TPSA) is 88.1 Å². The summed E-state index contributed by atoms with van der Waals surface area (Å²) < 4.78 is 54.6. The third-order valence-electron chi connectivity index (χ3n) is 7.02. The van der Waals surface area contributed by atoms with E-state index in [9.17, 15) is 22.8 Å². The molecule has 1 fully saturated rings. The van der Waals surface area contributed by atoms with Crippen LogP contribution in [0.3, 0.4) is 0 Å². The van der Waals surface area contributed by atoms with Crippen LogP contribution < -0.4 is 9.80 Å². The first-order valence-corrected chi connectivity index (χ1v) is 12.9. The average Bonchev–Trinajstić information content (AvgIpc) is 2.87. The highest BCUT2D eigenvalue weighted by atomic mass is 19.4. The van der Waals surface area contributed by atoms with Crippen molar-refractivity contribution in [2.75, 3.05) is 43.1 Å². The fourth-order valence-corrected chi connectivity index (χ4v) is 5.08. The highest BCUT2D eigenvalue weighted by Gasteiger charge is 2.64. The second-order valence-corrected chi connectivity index (χ2v) is 10.8. The van der Waals surface area contributed by atoms with Gasteiger partial charge in [0.15, 0.2) is 0 Å². The van der Waals surface area contributed by atoms with E-state index in [0.29, 0.717) is 50.4 Å². The first-order chi connectivity index (χ1) is 18.3. The molecule has 4 rings (SSSR count). The minimum Gasteiger partial charge on any atom is -0.444 e. The van der Waals surface area contributed by atoms with Gasteiger partial charge in [-0.3, -0.25) is 9.69 Å². The highest BCUT2D eigenvalue weighted by molar-refractivity contribution is 6.02. The van der Waals surface area contributed by atoms with Crippen LogP contribution in [0, 0.1) is 0 Å². The lowest BCUT2D eigenvalue weighted by molar-refractivity contribution is -0.264. The van der Waals surface area contributed by atoms with Crippen LogP contribution >= 0.6 is 0 Å². The van der Waals surface area contributed by atoms with Gasteiger partial charge in [0.2, 0.25) is 0 Å². The molecule has 0 radical (unpaired) electrons. The Labute approximate surface area is 225 Å². The van der Waals surface area contributed by atoms with Crippen molar-refractivity contribution in [3.63, 3.8) is 0 Å². The first-order valence-electron chi connectivity index (χ1n) is 12.9. The van der Waals surface area contributed by atoms with Gasteiger partial charge in [-0.15, -0.1) is 0 Å². The van der Waals surface area contributed by atoms with Gasteiger partial charge in [0, 0.05) is 50.5 Å². The third kappa shape index (κ3) is 5.39. The lowest BCUT2D eigenvalue weighted by Gasteiger charge is -2.43. The summed E-state index contributed by atoms with van der Waals surface area (Å²) in [7, 11) is 0.892. The van der Waals surface area contributed by atoms with E-state index in [1.165, 1.54) is 30.6 Å². The van der Waals surface area contributed by atoms with Crippen LogP contribution in [0.25, 0.3) is 0 Å². The monoisotopic (exact) mass is 549 g/mol. The number of ether oxygens (including phenoxy) is 2. The molecule has 1 saturated heterocycles. The summed E-state index contributed by atoms with van der Waals surface area (Å²) in [6, 6.07) is 6.36. The molecule has 2 atom stereocenters. The summed E-state index contributed by atoms with van der Waals surface area (Å²) in [5, 5.41) is 0. The van der Waals surface area contributed by atoms with E-state index < -0.39 is 35.4 Å². The van der Waals surface area contributed by atoms with E-state index in [2.05, 4.69) is 9.97 Å². The molecule has 0 saturated carbocycles. The molecule has 2 aromatic rings. The Balaban J connectivity index is 1.66. The van der Waals surface area contributed by atoms with Crippen LogP contribution in [-0.4, -0.2) is 78.0 Å². The predicted octanol–water partition coefficient (Wildman–Crippen LogP) is 4.31. The second-order valence-electron chi connectivity index (χ2n) is 10.8. The normalized spacial score (nSPS) is 19.8. The van der Waals surface area contributed by atoms with Crippen molar-refractivity contribution in [1.82, 2.24) is 14.9 Å². The van der Waals surface area contributed by atoms with Gasteiger partial charge in [0.1, 0.15) is 23.6 Å². The van der Waals surface area contributed by atoms with Crippen LogP contribution in [0.1, 0.15) is 45.2 Å². The molecule has 3 heterocycles. The summed E-state index contributed by atoms with van der Waals surface area (Å²) in [4.78, 5) is 39.8. The first kappa shape index (κ1) is 28.6. The molecule has 1 aromatic carbocycles. The van der Waals surface area contributed by atoms with Crippen molar-refractivity contribution in [3.8, 4) is 0 Å². The smallest absolute Gasteiger partial charge is 0.430 e. The Morgan fingerprint density at radius 1 is 0.974 bits per heavy atom. The molecule has 1 unspecified atom stereocenters. The summed E-state index contributed by atoms with van der Waals surface area (Å²) in [5.41, 5.74) is -3.53. The molecule has 0 bridgehead atoms. The van der Waals surface area contributed by atoms with Crippen molar-refractivity contribution >= 4 is 23.6 Å². The van der Waals surface area contributed by atoms with Crippen LogP contribution in [0.4, 0.5) is 29.6 Å². The standard InChI is InChI=1S/C27H34F3N5O4/c1-18-11-12-20-21(33-13-15-34(16-14-33)24(37)39-25(2,3)4)31-17-32-22(20)35(18)23(36)26(38-5,27(28,29)30)19-9-7-6-8-10-19/h6-10,17-18H,11-16H2,1-5H3/t18-,26?/m0/s1. The zero-order valence-electron chi connectivity index (χ0n) is 22.8. The maximum Gasteiger partial charge on any atom is 0.430 e. The van der Waals surface area contributed by atoms with E-state index in [-0.39, 0.29) is 11.4 Å². The van der Waals surface area contributed by atoms with E-state index in [4.69, 9.17) is 9.47 Å². The van der Waals surface area contributed by atoms with Crippen LogP contribution in [0.5, 0.6) is 0 Å². The van der Waals surface area contributed by atoms with Crippen molar-refractivity contribution in [1.29, 1.82) is 0 Å². The SMILES string of the molecule is COC(C(=O)N1c2ncnc(N3CCN(C(=O)OC(C)(C)C)CC3)c2CC[C@@H]1C)(c1ccccc1)C(F)(F)F. The minimum absolute atomic E-state index is 0.139. The van der Waals surface area contributed by atoms with Gasteiger partial charge in [-0.25, -0.2) is 14.8 Å². The number of nitrogens with zero attached hydrogens (tertiary/aromatic N) is 5. The molecule has 9 nitrogen and oxygen atoms in total. The van der Waals surface area contributed by atoms with Crippen molar-refractivity contribution in [2.45, 2.75) is 64.0 Å². The Morgan fingerprint density at radius 3 is 2.15 bits per heavy atom. The highest BCUT2D eigenvalue weighted by Crippen LogP contribution is 2.46. The zero-order chi connectivity index (χ0) is 28.6. The Hall–Kier alpha value is -3.41. The van der Waals surface area contributed by atoms with Crippen molar-refractivity contribution < 1.29 is 32.2 Å².